The summed E-state index contributed by atoms with van der Waals surface area (Å²) in [6.07, 6.45) is 0. The van der Waals surface area contributed by atoms with Crippen molar-refractivity contribution in [3.63, 3.8) is 0 Å². The minimum Gasteiger partial charge on any atom is -0.291 e. The van der Waals surface area contributed by atoms with Gasteiger partial charge in [0.2, 0.25) is 0 Å². The van der Waals surface area contributed by atoms with E-state index in [0.29, 0.717) is 0 Å². The summed E-state index contributed by atoms with van der Waals surface area (Å²) in [5.74, 6) is 0. The highest BCUT2D eigenvalue weighted by molar-refractivity contribution is 6.04. The lowest BCUT2D eigenvalue weighted by Gasteiger charge is -2.11. The van der Waals surface area contributed by atoms with E-state index in [-0.39, 0.29) is 27.8 Å². The number of fused-ring (bicyclic) bond motifs is 2. The van der Waals surface area contributed by atoms with Gasteiger partial charge in [0, 0.05) is 14.1 Å². The molecule has 3 aromatic rings. The Morgan fingerprint density at radius 3 is 2.36 bits per heavy atom. The lowest BCUT2D eigenvalue weighted by atomic mass is 10.2. The molecule has 4 N–H and O–H groups in total. The topological polar surface area (TPSA) is 155 Å². The Bertz CT molecular complexity index is 1160. The van der Waals surface area contributed by atoms with E-state index in [1.165, 1.54) is 14.1 Å². The number of pyridine rings is 1. The first-order valence-corrected chi connectivity index (χ1v) is 6.03. The van der Waals surface area contributed by atoms with Gasteiger partial charge in [0.25, 0.3) is 11.1 Å². The second-order valence-electron chi connectivity index (χ2n) is 4.63. The van der Waals surface area contributed by atoms with E-state index in [0.717, 1.165) is 9.13 Å². The highest BCUT2D eigenvalue weighted by atomic mass is 16.5. The quantitative estimate of drug-likeness (QED) is 0.298. The highest BCUT2D eigenvalue weighted by Crippen LogP contribution is 2.23. The van der Waals surface area contributed by atoms with Crippen LogP contribution >= 0.6 is 0 Å². The molecule has 3 heterocycles. The summed E-state index contributed by atoms with van der Waals surface area (Å²) in [4.78, 5) is 55.7. The molecule has 114 valence electrons. The van der Waals surface area contributed by atoms with Gasteiger partial charge in [0.05, 0.1) is 5.69 Å². The number of hydrogen-bond acceptors (Lipinski definition) is 7. The summed E-state index contributed by atoms with van der Waals surface area (Å²) in [6, 6.07) is 0. The second-order valence-corrected chi connectivity index (χ2v) is 4.63. The van der Waals surface area contributed by atoms with Crippen LogP contribution in [-0.2, 0) is 14.1 Å². The first-order valence-electron chi connectivity index (χ1n) is 6.03. The molecule has 3 aromatic heterocycles. The van der Waals surface area contributed by atoms with Crippen molar-refractivity contribution in [3.05, 3.63) is 41.7 Å². The predicted octanol–water partition coefficient (Wildman–Crippen LogP) is -2.04. The Morgan fingerprint density at radius 1 is 1.05 bits per heavy atom. The smallest absolute Gasteiger partial charge is 0.291 e. The Hall–Kier alpha value is -3.21. The minimum atomic E-state index is -0.833. The number of aromatic nitrogens is 5. The largest absolute Gasteiger partial charge is 0.332 e. The standard InChI is InChI=1S/C11H10N6O5/c1-16-7-4(9(19)17(2)11(16)21)5(15-22)3-6(12-7)13-10(20)14-8(3)18/h22H,1-2H3,(H3,12,13,14,15,18,20). The molecule has 0 aliphatic heterocycles. The van der Waals surface area contributed by atoms with Gasteiger partial charge in [-0.25, -0.2) is 14.6 Å². The average Bonchev–Trinajstić information content (AvgIpc) is 2.48. The Kier molecular flexibility index (Phi) is 2.75. The summed E-state index contributed by atoms with van der Waals surface area (Å²) in [5, 5.41) is 8.99. The van der Waals surface area contributed by atoms with Gasteiger partial charge in [-0.15, -0.1) is 0 Å². The van der Waals surface area contributed by atoms with Crippen molar-refractivity contribution in [2.45, 2.75) is 0 Å². The Balaban J connectivity index is 2.82. The van der Waals surface area contributed by atoms with E-state index in [9.17, 15) is 24.4 Å². The number of aromatic amines is 2. The molecule has 0 bridgehead atoms. The maximum Gasteiger partial charge on any atom is 0.332 e. The van der Waals surface area contributed by atoms with E-state index in [2.05, 4.69) is 9.97 Å². The second kappa shape index (κ2) is 4.39. The Labute approximate surface area is 119 Å². The average molecular weight is 306 g/mol. The fraction of sp³-hybridized carbons (Fsp3) is 0.182. The van der Waals surface area contributed by atoms with Gasteiger partial charge in [0.15, 0.2) is 11.3 Å². The minimum absolute atomic E-state index is 0.0848. The molecular weight excluding hydrogens is 296 g/mol. The van der Waals surface area contributed by atoms with Crippen molar-refractivity contribution >= 4 is 27.8 Å². The maximum atomic E-state index is 12.3. The van der Waals surface area contributed by atoms with Crippen molar-refractivity contribution in [1.82, 2.24) is 24.1 Å². The van der Waals surface area contributed by atoms with E-state index in [1.807, 2.05) is 4.98 Å². The molecule has 0 saturated carbocycles. The van der Waals surface area contributed by atoms with Crippen molar-refractivity contribution < 1.29 is 5.21 Å². The molecule has 0 unspecified atom stereocenters. The number of rotatable bonds is 1. The van der Waals surface area contributed by atoms with Gasteiger partial charge in [-0.2, -0.15) is 0 Å². The molecule has 0 saturated heterocycles. The molecule has 0 aliphatic rings. The molecular formula is C11H10N6O5. The van der Waals surface area contributed by atoms with Crippen LogP contribution in [0.1, 0.15) is 0 Å². The zero-order valence-electron chi connectivity index (χ0n) is 11.4. The summed E-state index contributed by atoms with van der Waals surface area (Å²) in [7, 11) is 2.63. The van der Waals surface area contributed by atoms with Crippen molar-refractivity contribution in [2.24, 2.45) is 14.1 Å². The molecule has 0 amide bonds. The molecule has 0 atom stereocenters. The first kappa shape index (κ1) is 13.8. The molecule has 11 nitrogen and oxygen atoms in total. The third-order valence-electron chi connectivity index (χ3n) is 3.39. The van der Waals surface area contributed by atoms with Crippen LogP contribution in [0, 0.1) is 0 Å². The van der Waals surface area contributed by atoms with Crippen LogP contribution in [0.25, 0.3) is 22.1 Å². The van der Waals surface area contributed by atoms with Gasteiger partial charge in [-0.05, 0) is 0 Å². The molecule has 0 radical (unpaired) electrons. The molecule has 0 aliphatic carbocycles. The van der Waals surface area contributed by atoms with E-state index in [4.69, 9.17) is 0 Å². The maximum absolute atomic E-state index is 12.3. The van der Waals surface area contributed by atoms with Crippen LogP contribution in [-0.4, -0.2) is 29.3 Å². The van der Waals surface area contributed by atoms with Gasteiger partial charge in [-0.1, -0.05) is 0 Å². The van der Waals surface area contributed by atoms with Crippen LogP contribution in [0.4, 0.5) is 5.69 Å². The van der Waals surface area contributed by atoms with Crippen molar-refractivity contribution in [3.8, 4) is 0 Å². The number of aryl methyl sites for hydroxylation is 1. The number of nitrogens with one attached hydrogen (secondary N) is 3. The monoisotopic (exact) mass is 306 g/mol. The van der Waals surface area contributed by atoms with Gasteiger partial charge in [-0.3, -0.25) is 39.4 Å². The normalized spacial score (nSPS) is 11.2. The molecule has 0 aromatic carbocycles. The highest BCUT2D eigenvalue weighted by Gasteiger charge is 2.19. The summed E-state index contributed by atoms with van der Waals surface area (Å²) < 4.78 is 1.88. The zero-order valence-corrected chi connectivity index (χ0v) is 11.4. The third-order valence-corrected chi connectivity index (χ3v) is 3.39. The SMILES string of the molecule is Cn1c(=O)c2c(NO)c3c(=O)[nH]c(=O)[nH]c3nc2n(C)c1=O. The molecule has 22 heavy (non-hydrogen) atoms. The van der Waals surface area contributed by atoms with E-state index >= 15 is 0 Å². The van der Waals surface area contributed by atoms with Crippen LogP contribution in [0.3, 0.4) is 0 Å². The fourth-order valence-corrected chi connectivity index (χ4v) is 2.32. The predicted molar refractivity (Wildman–Crippen MR) is 76.4 cm³/mol. The third kappa shape index (κ3) is 1.62. The van der Waals surface area contributed by atoms with E-state index < -0.39 is 22.5 Å². The number of hydrogen-bond donors (Lipinski definition) is 4. The van der Waals surface area contributed by atoms with Gasteiger partial charge in [0.1, 0.15) is 10.8 Å². The number of anilines is 1. The van der Waals surface area contributed by atoms with Gasteiger partial charge >= 0.3 is 11.4 Å². The number of nitrogens with zero attached hydrogens (tertiary/aromatic N) is 3. The molecule has 0 fully saturated rings. The number of H-pyrrole nitrogens is 2. The molecule has 0 spiro atoms. The lowest BCUT2D eigenvalue weighted by Crippen LogP contribution is -2.38. The van der Waals surface area contributed by atoms with E-state index in [1.54, 1.807) is 5.48 Å². The van der Waals surface area contributed by atoms with Gasteiger partial charge < -0.3 is 0 Å². The summed E-state index contributed by atoms with van der Waals surface area (Å²) in [6.45, 7) is 0. The van der Waals surface area contributed by atoms with Crippen molar-refractivity contribution in [2.75, 3.05) is 5.48 Å². The Morgan fingerprint density at radius 2 is 1.73 bits per heavy atom. The van der Waals surface area contributed by atoms with Crippen LogP contribution in [0.15, 0.2) is 19.2 Å². The zero-order chi connectivity index (χ0) is 16.2. The summed E-state index contributed by atoms with van der Waals surface area (Å²) in [5.41, 5.74) is -1.73. The summed E-state index contributed by atoms with van der Waals surface area (Å²) >= 11 is 0. The fourth-order valence-electron chi connectivity index (χ4n) is 2.32. The molecule has 3 rings (SSSR count). The van der Waals surface area contributed by atoms with Crippen LogP contribution in [0.5, 0.6) is 0 Å². The lowest BCUT2D eigenvalue weighted by molar-refractivity contribution is 0.390. The first-order chi connectivity index (χ1) is 10.4. The molecule has 11 heteroatoms. The van der Waals surface area contributed by atoms with Crippen LogP contribution in [0.2, 0.25) is 0 Å². The van der Waals surface area contributed by atoms with Crippen LogP contribution < -0.4 is 28.0 Å². The van der Waals surface area contributed by atoms with Crippen molar-refractivity contribution in [1.29, 1.82) is 0 Å².